The number of hydrogen-bond acceptors (Lipinski definition) is 5. The number of ether oxygens (including phenoxy) is 1. The monoisotopic (exact) mass is 477 g/mol. The molecule has 0 aliphatic carbocycles. The molecule has 0 atom stereocenters. The van der Waals surface area contributed by atoms with Gasteiger partial charge in [-0.05, 0) is 37.0 Å². The molecule has 1 aromatic carbocycles. The second-order valence-electron chi connectivity index (χ2n) is 7.86. The molecule has 2 saturated heterocycles. The lowest BCUT2D eigenvalue weighted by Gasteiger charge is -2.43. The van der Waals surface area contributed by atoms with Crippen molar-refractivity contribution in [2.24, 2.45) is 0 Å². The molecule has 2 aromatic rings. The highest BCUT2D eigenvalue weighted by atomic mass is 79.9. The van der Waals surface area contributed by atoms with Gasteiger partial charge in [0.1, 0.15) is 0 Å². The Morgan fingerprint density at radius 1 is 1.17 bits per heavy atom. The highest BCUT2D eigenvalue weighted by Gasteiger charge is 2.44. The summed E-state index contributed by atoms with van der Waals surface area (Å²) in [6.07, 6.45) is 2.51. The standard InChI is InChI=1S/C22H28BrN3O2S/c1-2-20-24-19(16-29-20)15-25-9-11-26(12-10-25)21(27)22(7-13-28-14-8-22)17-3-5-18(23)6-4-17/h3-6,16H,2,7-15H2,1H3. The lowest BCUT2D eigenvalue weighted by Crippen LogP contribution is -2.55. The van der Waals surface area contributed by atoms with E-state index < -0.39 is 5.41 Å². The topological polar surface area (TPSA) is 45.7 Å². The summed E-state index contributed by atoms with van der Waals surface area (Å²) in [5.41, 5.74) is 1.82. The van der Waals surface area contributed by atoms with Gasteiger partial charge in [0.05, 0.1) is 16.1 Å². The van der Waals surface area contributed by atoms with Crippen molar-refractivity contribution >= 4 is 33.2 Å². The number of thiazole rings is 1. The minimum absolute atomic E-state index is 0.268. The molecule has 2 aliphatic heterocycles. The summed E-state index contributed by atoms with van der Waals surface area (Å²) in [6, 6.07) is 8.26. The van der Waals surface area contributed by atoms with Crippen LogP contribution in [0.4, 0.5) is 0 Å². The van der Waals surface area contributed by atoms with Gasteiger partial charge in [-0.2, -0.15) is 0 Å². The molecule has 2 aliphatic rings. The maximum absolute atomic E-state index is 13.7. The molecule has 5 nitrogen and oxygen atoms in total. The van der Waals surface area contributed by atoms with Crippen LogP contribution in [-0.4, -0.2) is 60.1 Å². The average molecular weight is 478 g/mol. The lowest BCUT2D eigenvalue weighted by atomic mass is 9.73. The molecule has 0 spiro atoms. The first-order valence-electron chi connectivity index (χ1n) is 10.4. The van der Waals surface area contributed by atoms with E-state index in [9.17, 15) is 4.79 Å². The molecule has 0 saturated carbocycles. The van der Waals surface area contributed by atoms with Crippen LogP contribution in [0.5, 0.6) is 0 Å². The number of aromatic nitrogens is 1. The summed E-state index contributed by atoms with van der Waals surface area (Å²) < 4.78 is 6.65. The zero-order valence-electron chi connectivity index (χ0n) is 16.9. The fourth-order valence-corrected chi connectivity index (χ4v) is 5.34. The molecule has 156 valence electrons. The van der Waals surface area contributed by atoms with Crippen molar-refractivity contribution < 1.29 is 9.53 Å². The minimum Gasteiger partial charge on any atom is -0.381 e. The Morgan fingerprint density at radius 2 is 1.86 bits per heavy atom. The molecule has 1 aromatic heterocycles. The number of piperazine rings is 1. The highest BCUT2D eigenvalue weighted by molar-refractivity contribution is 9.10. The first-order valence-corrected chi connectivity index (χ1v) is 12.1. The van der Waals surface area contributed by atoms with Crippen LogP contribution in [-0.2, 0) is 27.9 Å². The van der Waals surface area contributed by atoms with Crippen LogP contribution in [0.25, 0.3) is 0 Å². The third kappa shape index (κ3) is 4.58. The van der Waals surface area contributed by atoms with E-state index in [-0.39, 0.29) is 5.91 Å². The molecule has 0 unspecified atom stereocenters. The zero-order valence-corrected chi connectivity index (χ0v) is 19.3. The van der Waals surface area contributed by atoms with Crippen molar-refractivity contribution in [3.05, 3.63) is 50.4 Å². The number of carbonyl (C=O) groups excluding carboxylic acids is 1. The van der Waals surface area contributed by atoms with Gasteiger partial charge in [-0.3, -0.25) is 9.69 Å². The molecular weight excluding hydrogens is 450 g/mol. The van der Waals surface area contributed by atoms with Gasteiger partial charge in [-0.25, -0.2) is 4.98 Å². The van der Waals surface area contributed by atoms with Crippen molar-refractivity contribution in [3.63, 3.8) is 0 Å². The van der Waals surface area contributed by atoms with E-state index in [1.54, 1.807) is 11.3 Å². The van der Waals surface area contributed by atoms with E-state index in [0.29, 0.717) is 13.2 Å². The van der Waals surface area contributed by atoms with Crippen molar-refractivity contribution in [1.29, 1.82) is 0 Å². The number of nitrogens with zero attached hydrogens (tertiary/aromatic N) is 3. The second-order valence-corrected chi connectivity index (χ2v) is 9.71. The summed E-state index contributed by atoms with van der Waals surface area (Å²) >= 11 is 5.25. The van der Waals surface area contributed by atoms with Gasteiger partial charge in [0.15, 0.2) is 0 Å². The van der Waals surface area contributed by atoms with Crippen molar-refractivity contribution in [2.45, 2.75) is 38.1 Å². The third-order valence-electron chi connectivity index (χ3n) is 6.10. The van der Waals surface area contributed by atoms with Crippen LogP contribution in [0.2, 0.25) is 0 Å². The Bertz CT molecular complexity index is 825. The van der Waals surface area contributed by atoms with Crippen molar-refractivity contribution in [2.75, 3.05) is 39.4 Å². The Hall–Kier alpha value is -1.28. The molecule has 4 rings (SSSR count). The van der Waals surface area contributed by atoms with E-state index in [1.807, 2.05) is 12.1 Å². The van der Waals surface area contributed by atoms with Gasteiger partial charge in [-0.15, -0.1) is 11.3 Å². The van der Waals surface area contributed by atoms with Crippen molar-refractivity contribution in [3.8, 4) is 0 Å². The number of rotatable bonds is 5. The van der Waals surface area contributed by atoms with E-state index in [2.05, 4.69) is 55.2 Å². The number of carbonyl (C=O) groups is 1. The van der Waals surface area contributed by atoms with E-state index in [0.717, 1.165) is 67.7 Å². The fourth-order valence-electron chi connectivity index (χ4n) is 4.34. The summed E-state index contributed by atoms with van der Waals surface area (Å²) in [5, 5.41) is 3.37. The van der Waals surface area contributed by atoms with Crippen LogP contribution in [0, 0.1) is 0 Å². The smallest absolute Gasteiger partial charge is 0.233 e. The Balaban J connectivity index is 1.43. The predicted molar refractivity (Wildman–Crippen MR) is 119 cm³/mol. The molecule has 0 radical (unpaired) electrons. The molecule has 2 fully saturated rings. The van der Waals surface area contributed by atoms with Crippen LogP contribution in [0.1, 0.15) is 36.0 Å². The first kappa shape index (κ1) is 21.0. The maximum atomic E-state index is 13.7. The number of benzene rings is 1. The molecule has 29 heavy (non-hydrogen) atoms. The number of hydrogen-bond donors (Lipinski definition) is 0. The van der Waals surface area contributed by atoms with E-state index in [4.69, 9.17) is 4.74 Å². The van der Waals surface area contributed by atoms with Crippen LogP contribution >= 0.6 is 27.3 Å². The minimum atomic E-state index is -0.452. The maximum Gasteiger partial charge on any atom is 0.233 e. The van der Waals surface area contributed by atoms with Gasteiger partial charge in [0, 0.05) is 55.8 Å². The summed E-state index contributed by atoms with van der Waals surface area (Å²) in [5.74, 6) is 0.268. The Kier molecular flexibility index (Phi) is 6.69. The van der Waals surface area contributed by atoms with E-state index in [1.165, 1.54) is 5.01 Å². The third-order valence-corrected chi connectivity index (χ3v) is 7.67. The lowest BCUT2D eigenvalue weighted by molar-refractivity contribution is -0.143. The Morgan fingerprint density at radius 3 is 2.48 bits per heavy atom. The molecule has 0 N–H and O–H groups in total. The summed E-state index contributed by atoms with van der Waals surface area (Å²) in [6.45, 7) is 7.67. The molecular formula is C22H28BrN3O2S. The van der Waals surface area contributed by atoms with Crippen molar-refractivity contribution in [1.82, 2.24) is 14.8 Å². The zero-order chi connectivity index (χ0) is 20.3. The number of halogens is 1. The van der Waals surface area contributed by atoms with Gasteiger partial charge >= 0.3 is 0 Å². The van der Waals surface area contributed by atoms with Gasteiger partial charge in [0.2, 0.25) is 5.91 Å². The fraction of sp³-hybridized carbons (Fsp3) is 0.545. The van der Waals surface area contributed by atoms with Gasteiger partial charge in [0.25, 0.3) is 0 Å². The SMILES string of the molecule is CCc1nc(CN2CCN(C(=O)C3(c4ccc(Br)cc4)CCOCC3)CC2)cs1. The normalized spacial score (nSPS) is 20.0. The molecule has 0 bridgehead atoms. The van der Waals surface area contributed by atoms with Crippen LogP contribution in [0.3, 0.4) is 0 Å². The highest BCUT2D eigenvalue weighted by Crippen LogP contribution is 2.37. The van der Waals surface area contributed by atoms with Crippen LogP contribution in [0.15, 0.2) is 34.1 Å². The largest absolute Gasteiger partial charge is 0.381 e. The number of amides is 1. The molecule has 7 heteroatoms. The molecule has 1 amide bonds. The van der Waals surface area contributed by atoms with E-state index >= 15 is 0 Å². The predicted octanol–water partition coefficient (Wildman–Crippen LogP) is 3.86. The summed E-state index contributed by atoms with van der Waals surface area (Å²) in [4.78, 5) is 22.9. The molecule has 3 heterocycles. The van der Waals surface area contributed by atoms with Gasteiger partial charge < -0.3 is 9.64 Å². The van der Waals surface area contributed by atoms with Crippen LogP contribution < -0.4 is 0 Å². The summed E-state index contributed by atoms with van der Waals surface area (Å²) in [7, 11) is 0. The Labute approximate surface area is 185 Å². The second kappa shape index (κ2) is 9.25. The average Bonchev–Trinajstić information content (AvgIpc) is 3.22. The number of aryl methyl sites for hydroxylation is 1. The van der Waals surface area contributed by atoms with Gasteiger partial charge in [-0.1, -0.05) is 35.0 Å². The quantitative estimate of drug-likeness (QED) is 0.655. The first-order chi connectivity index (χ1) is 14.1.